The predicted molar refractivity (Wildman–Crippen MR) is 169 cm³/mol. The van der Waals surface area contributed by atoms with Crippen molar-refractivity contribution in [2.24, 2.45) is 5.92 Å². The molecule has 0 bridgehead atoms. The number of hydrogen-bond acceptors (Lipinski definition) is 10. The summed E-state index contributed by atoms with van der Waals surface area (Å²) in [5.41, 5.74) is -0.131. The van der Waals surface area contributed by atoms with Crippen LogP contribution in [-0.4, -0.2) is 68.5 Å². The Kier molecular flexibility index (Phi) is 10.1. The molecule has 1 aliphatic heterocycles. The number of carbonyl (C=O) groups is 2. The van der Waals surface area contributed by atoms with Crippen molar-refractivity contribution >= 4 is 46.5 Å². The fraction of sp³-hybridized carbons (Fsp3) is 0.387. The van der Waals surface area contributed by atoms with Gasteiger partial charge in [0.2, 0.25) is 11.9 Å². The van der Waals surface area contributed by atoms with Crippen molar-refractivity contribution in [1.82, 2.24) is 9.88 Å². The summed E-state index contributed by atoms with van der Waals surface area (Å²) >= 11 is 12.2. The molecular weight excluding hydrogens is 660 g/mol. The summed E-state index contributed by atoms with van der Waals surface area (Å²) < 4.78 is 20.3. The van der Waals surface area contributed by atoms with E-state index in [2.05, 4.69) is 15.0 Å². The second-order valence-electron chi connectivity index (χ2n) is 11.7. The number of halogens is 3. The minimum atomic E-state index is -1.67. The minimum Gasteiger partial charge on any atom is -0.465 e. The monoisotopic (exact) mass is 689 g/mol. The Morgan fingerprint density at radius 3 is 2.53 bits per heavy atom. The van der Waals surface area contributed by atoms with Crippen molar-refractivity contribution in [3.63, 3.8) is 0 Å². The number of aromatic nitrogens is 1. The summed E-state index contributed by atoms with van der Waals surface area (Å²) in [6.07, 6.45) is 0.676. The number of aryl methyl sites for hydroxylation is 1. The molecule has 5 rings (SSSR count). The Morgan fingerprint density at radius 2 is 1.89 bits per heavy atom. The van der Waals surface area contributed by atoms with Crippen molar-refractivity contribution in [2.45, 2.75) is 56.3 Å². The smallest absolute Gasteiger partial charge is 0.338 e. The first-order valence-electron chi connectivity index (χ1n) is 14.6. The Balaban J connectivity index is 1.62. The normalized spacial score (nSPS) is 21.7. The molecule has 47 heavy (non-hydrogen) atoms. The van der Waals surface area contributed by atoms with Gasteiger partial charge in [-0.15, -0.1) is 0 Å². The number of likely N-dealkylation sites (tertiary alicyclic amines) is 1. The lowest BCUT2D eigenvalue weighted by Crippen LogP contribution is -2.47. The molecule has 16 heteroatoms. The summed E-state index contributed by atoms with van der Waals surface area (Å²) in [5.74, 6) is -3.87. The number of ether oxygens (including phenoxy) is 1. The van der Waals surface area contributed by atoms with Gasteiger partial charge in [-0.2, -0.15) is 0 Å². The Hall–Kier alpha value is -4.24. The number of nitro groups is 2. The molecule has 1 saturated heterocycles. The molecule has 1 amide bonds. The Bertz CT molecular complexity index is 1740. The lowest BCUT2D eigenvalue weighted by molar-refractivity contribution is -0.528. The first kappa shape index (κ1) is 34.1. The van der Waals surface area contributed by atoms with Gasteiger partial charge in [0.15, 0.2) is 11.0 Å². The van der Waals surface area contributed by atoms with E-state index in [1.54, 1.807) is 24.0 Å². The van der Waals surface area contributed by atoms with Gasteiger partial charge < -0.3 is 15.2 Å². The molecule has 5 atom stereocenters. The number of rotatable bonds is 11. The number of esters is 1. The molecule has 2 aromatic carbocycles. The molecule has 2 N–H and O–H groups in total. The fourth-order valence-electron chi connectivity index (χ4n) is 6.31. The number of carbonyl (C=O) groups excluding carboxylic acids is 2. The molecule has 1 aromatic heterocycles. The van der Waals surface area contributed by atoms with E-state index in [0.29, 0.717) is 16.3 Å². The number of nitrogens with zero attached hydrogens (tertiary/aromatic N) is 4. The van der Waals surface area contributed by atoms with Gasteiger partial charge in [-0.1, -0.05) is 29.3 Å². The van der Waals surface area contributed by atoms with Gasteiger partial charge in [0.05, 0.1) is 41.2 Å². The van der Waals surface area contributed by atoms with Crippen LogP contribution in [0, 0.1) is 38.9 Å². The molecule has 13 nitrogen and oxygen atoms in total. The summed E-state index contributed by atoms with van der Waals surface area (Å²) in [5, 5.41) is 39.0. The first-order chi connectivity index (χ1) is 22.3. The van der Waals surface area contributed by atoms with Crippen LogP contribution < -0.4 is 5.32 Å². The molecule has 1 aliphatic carbocycles. The van der Waals surface area contributed by atoms with Crippen LogP contribution in [0.5, 0.6) is 0 Å². The zero-order chi connectivity index (χ0) is 34.2. The van der Waals surface area contributed by atoms with Crippen molar-refractivity contribution < 1.29 is 33.7 Å². The molecule has 2 aliphatic rings. The number of benzene rings is 2. The van der Waals surface area contributed by atoms with Crippen LogP contribution in [0.2, 0.25) is 10.2 Å². The highest BCUT2D eigenvalue weighted by atomic mass is 35.5. The second kappa shape index (κ2) is 13.9. The van der Waals surface area contributed by atoms with Gasteiger partial charge in [-0.05, 0) is 68.0 Å². The second-order valence-corrected chi connectivity index (χ2v) is 12.5. The van der Waals surface area contributed by atoms with Gasteiger partial charge in [-0.25, -0.2) is 14.2 Å². The van der Waals surface area contributed by atoms with E-state index in [-0.39, 0.29) is 29.2 Å². The van der Waals surface area contributed by atoms with Crippen LogP contribution in [0.1, 0.15) is 58.3 Å². The van der Waals surface area contributed by atoms with Gasteiger partial charge in [0.25, 0.3) is 5.69 Å². The summed E-state index contributed by atoms with van der Waals surface area (Å²) in [6.45, 7) is 1.94. The topological polar surface area (TPSA) is 178 Å². The number of methoxy groups -OCH3 is 1. The van der Waals surface area contributed by atoms with E-state index in [1.165, 1.54) is 30.5 Å². The van der Waals surface area contributed by atoms with Crippen LogP contribution in [0.15, 0.2) is 48.7 Å². The summed E-state index contributed by atoms with van der Waals surface area (Å²) in [6, 6.07) is 5.26. The third kappa shape index (κ3) is 7.05. The highest BCUT2D eigenvalue weighted by Crippen LogP contribution is 2.47. The maximum Gasteiger partial charge on any atom is 0.338 e. The predicted octanol–water partition coefficient (Wildman–Crippen LogP) is 5.48. The molecule has 1 saturated carbocycles. The molecular formula is C31H30Cl2FN5O8. The highest BCUT2D eigenvalue weighted by molar-refractivity contribution is 6.31. The molecule has 2 heterocycles. The third-order valence-electron chi connectivity index (χ3n) is 8.73. The maximum atomic E-state index is 15.7. The minimum absolute atomic E-state index is 0.0727. The van der Waals surface area contributed by atoms with Crippen LogP contribution >= 0.6 is 23.2 Å². The van der Waals surface area contributed by atoms with Crippen molar-refractivity contribution in [1.29, 1.82) is 0 Å². The number of aliphatic hydroxyl groups is 1. The molecule has 3 aromatic rings. The maximum absolute atomic E-state index is 15.7. The summed E-state index contributed by atoms with van der Waals surface area (Å²) in [4.78, 5) is 55.1. The van der Waals surface area contributed by atoms with E-state index in [9.17, 15) is 34.9 Å². The van der Waals surface area contributed by atoms with Crippen LogP contribution in [0.3, 0.4) is 0 Å². The molecule has 248 valence electrons. The number of hydrogen-bond donors (Lipinski definition) is 2. The van der Waals surface area contributed by atoms with E-state index in [4.69, 9.17) is 23.2 Å². The quantitative estimate of drug-likeness (QED) is 0.113. The number of pyridine rings is 1. The van der Waals surface area contributed by atoms with Crippen molar-refractivity contribution in [3.05, 3.63) is 107 Å². The Labute approximate surface area is 277 Å². The van der Waals surface area contributed by atoms with Crippen molar-refractivity contribution in [2.75, 3.05) is 19.0 Å². The van der Waals surface area contributed by atoms with Crippen molar-refractivity contribution in [3.8, 4) is 0 Å². The summed E-state index contributed by atoms with van der Waals surface area (Å²) in [7, 11) is 1.11. The largest absolute Gasteiger partial charge is 0.465 e. The number of amides is 1. The van der Waals surface area contributed by atoms with E-state index in [1.807, 2.05) is 0 Å². The van der Waals surface area contributed by atoms with Gasteiger partial charge in [-0.3, -0.25) is 29.9 Å². The lowest BCUT2D eigenvalue weighted by atomic mass is 9.85. The standard InChI is InChI=1S/C31H30Cl2FN5O8/c1-15-3-7-18(32)12-21(15)36-30(41)28-25(20-9-10-35-29(33)26(20)34)27(39(45)46)23(37(28)14-16-4-5-16)13-24(40)19-8-6-17(31(42)47-2)11-22(19)38(43)44/h3,6-12,16,23-25,27-28,40H,4-5,13-14H2,1-2H3,(H,36,41)/t23-,24?,25-,27+,28+/m0/s1. The number of nitrogens with one attached hydrogen (secondary N) is 1. The highest BCUT2D eigenvalue weighted by Gasteiger charge is 2.60. The van der Waals surface area contributed by atoms with Gasteiger partial charge in [0.1, 0.15) is 6.04 Å². The molecule has 0 radical (unpaired) electrons. The van der Waals surface area contributed by atoms with E-state index in [0.717, 1.165) is 26.0 Å². The van der Waals surface area contributed by atoms with Crippen LogP contribution in [0.4, 0.5) is 15.8 Å². The number of aliphatic hydroxyl groups excluding tert-OH is 1. The Morgan fingerprint density at radius 1 is 1.17 bits per heavy atom. The zero-order valence-electron chi connectivity index (χ0n) is 25.1. The third-order valence-corrected chi connectivity index (χ3v) is 9.23. The first-order valence-corrected chi connectivity index (χ1v) is 15.4. The SMILES string of the molecule is COC(=O)c1ccc(C(O)C[C@H]2[C@@H]([N+](=O)[O-])[C@H](c3ccnc(Cl)c3F)[C@H](C(=O)Nc3cc(Cl)ccc3C)N2CC2CC2)c([N+](=O)[O-])c1. The van der Waals surface area contributed by atoms with E-state index >= 15 is 4.39 Å². The average molecular weight is 691 g/mol. The number of nitro benzene ring substituents is 1. The van der Waals surface area contributed by atoms with Gasteiger partial charge in [0, 0.05) is 40.0 Å². The molecule has 1 unspecified atom stereocenters. The van der Waals surface area contributed by atoms with E-state index < -0.39 is 74.9 Å². The number of anilines is 1. The molecule has 2 fully saturated rings. The zero-order valence-corrected chi connectivity index (χ0v) is 26.7. The van der Waals surface area contributed by atoms with Crippen LogP contribution in [0.25, 0.3) is 0 Å². The molecule has 0 spiro atoms. The van der Waals surface area contributed by atoms with Gasteiger partial charge >= 0.3 is 5.97 Å². The van der Waals surface area contributed by atoms with Crippen LogP contribution in [-0.2, 0) is 9.53 Å². The lowest BCUT2D eigenvalue weighted by Gasteiger charge is -2.31. The average Bonchev–Trinajstić information content (AvgIpc) is 3.80. The fourth-order valence-corrected chi connectivity index (χ4v) is 6.64.